The van der Waals surface area contributed by atoms with E-state index in [0.29, 0.717) is 0 Å². The standard InChI is InChI=1S/2C6H5NO3.4H2O.O.V.H/c2*8-4-2-1-3-7-5(4)6(9)10;;;;;;;/h2*1-3,8H,(H,9,10);4*1H2;;;/q;;;;;;;+1;-1/p-1. The van der Waals surface area contributed by atoms with Crippen LogP contribution >= 0.6 is 0 Å². The summed E-state index contributed by atoms with van der Waals surface area (Å²) in [5.74, 6) is -3.07. The molecular formula is C12H18N2O11V-. The minimum absolute atomic E-state index is 0. The number of rotatable bonds is 2. The number of carboxylic acids is 2. The van der Waals surface area contributed by atoms with Gasteiger partial charge in [-0.15, -0.1) is 0 Å². The fourth-order valence-corrected chi connectivity index (χ4v) is 1.12. The molecule has 148 valence electrons. The van der Waals surface area contributed by atoms with Crippen LogP contribution < -0.4 is 0 Å². The van der Waals surface area contributed by atoms with Gasteiger partial charge in [0, 0.05) is 12.4 Å². The fraction of sp³-hybridized carbons (Fsp3) is 0. The Hall–Kier alpha value is -2.94. The zero-order valence-corrected chi connectivity index (χ0v) is 14.2. The molecule has 2 aromatic rings. The van der Waals surface area contributed by atoms with Gasteiger partial charge in [-0.2, -0.15) is 0 Å². The molecule has 0 saturated carbocycles. The summed E-state index contributed by atoms with van der Waals surface area (Å²) >= 11 is -1.56. The van der Waals surface area contributed by atoms with Gasteiger partial charge < -0.3 is 38.3 Å². The Balaban J connectivity index is -0.0000000924. The molecule has 0 bridgehead atoms. The number of carboxylic acid groups (broad SMARTS) is 2. The molecule has 2 heterocycles. The van der Waals surface area contributed by atoms with E-state index in [0.717, 1.165) is 0 Å². The van der Waals surface area contributed by atoms with E-state index in [2.05, 4.69) is 9.97 Å². The quantitative estimate of drug-likeness (QED) is 0.356. The van der Waals surface area contributed by atoms with E-state index in [4.69, 9.17) is 28.1 Å². The molecule has 0 spiro atoms. The molecule has 0 aliphatic heterocycles. The molecule has 2 aromatic heterocycles. The van der Waals surface area contributed by atoms with Crippen molar-refractivity contribution in [3.63, 3.8) is 0 Å². The molecular weight excluding hydrogens is 399 g/mol. The Morgan fingerprint density at radius 3 is 1.27 bits per heavy atom. The van der Waals surface area contributed by atoms with Crippen molar-refractivity contribution in [1.82, 2.24) is 9.97 Å². The molecule has 0 amide bonds. The van der Waals surface area contributed by atoms with Gasteiger partial charge in [-0.05, 0) is 24.3 Å². The van der Waals surface area contributed by atoms with E-state index in [1.807, 2.05) is 0 Å². The molecule has 0 atom stereocenters. The topological polar surface area (TPSA) is 273 Å². The van der Waals surface area contributed by atoms with Gasteiger partial charge in [0.25, 0.3) is 0 Å². The SMILES string of the molecule is O.O.O.O=C(O)c1ncccc1O.O=C(O)c1ncccc1O.[H-].[O]=[V][OH]. The van der Waals surface area contributed by atoms with Gasteiger partial charge in [0.2, 0.25) is 0 Å². The van der Waals surface area contributed by atoms with Gasteiger partial charge in [0.1, 0.15) is 11.5 Å². The molecule has 14 heteroatoms. The average Bonchev–Trinajstić information content (AvgIpc) is 2.49. The summed E-state index contributed by atoms with van der Waals surface area (Å²) in [6, 6.07) is 5.47. The Morgan fingerprint density at radius 2 is 1.12 bits per heavy atom. The van der Waals surface area contributed by atoms with Crippen molar-refractivity contribution in [2.45, 2.75) is 0 Å². The van der Waals surface area contributed by atoms with E-state index < -0.39 is 28.5 Å². The van der Waals surface area contributed by atoms with E-state index >= 15 is 0 Å². The Labute approximate surface area is 154 Å². The number of aromatic hydroxyl groups is 2. The second-order valence-electron chi connectivity index (χ2n) is 3.43. The molecule has 0 saturated heterocycles. The van der Waals surface area contributed by atoms with Crippen molar-refractivity contribution in [1.29, 1.82) is 0 Å². The molecule has 0 fully saturated rings. The fourth-order valence-electron chi connectivity index (χ4n) is 1.12. The molecule has 2 rings (SSSR count). The number of aromatic carboxylic acids is 2. The van der Waals surface area contributed by atoms with Gasteiger partial charge in [0.05, 0.1) is 0 Å². The Bertz CT molecular complexity index is 634. The molecule has 11 N–H and O–H groups in total. The molecule has 13 nitrogen and oxygen atoms in total. The summed E-state index contributed by atoms with van der Waals surface area (Å²) < 4.78 is 15.7. The third-order valence-electron chi connectivity index (χ3n) is 1.98. The van der Waals surface area contributed by atoms with Crippen LogP contribution in [0, 0.1) is 0 Å². The third kappa shape index (κ3) is 11.6. The number of aromatic nitrogens is 2. The van der Waals surface area contributed by atoms with Gasteiger partial charge in [-0.25, -0.2) is 19.6 Å². The van der Waals surface area contributed by atoms with Crippen LogP contribution in [0.25, 0.3) is 0 Å². The first-order valence-corrected chi connectivity index (χ1v) is 6.75. The van der Waals surface area contributed by atoms with Crippen molar-refractivity contribution in [2.24, 2.45) is 0 Å². The van der Waals surface area contributed by atoms with Crippen LogP contribution in [0.15, 0.2) is 36.7 Å². The van der Waals surface area contributed by atoms with Crippen molar-refractivity contribution >= 4 is 11.9 Å². The summed E-state index contributed by atoms with van der Waals surface area (Å²) in [5, 5.41) is 34.4. The second-order valence-corrected chi connectivity index (χ2v) is 3.69. The molecule has 0 aromatic carbocycles. The number of hydrogen-bond acceptors (Lipinski definition) is 7. The van der Waals surface area contributed by atoms with Crippen molar-refractivity contribution in [3.05, 3.63) is 48.0 Å². The first-order valence-electron chi connectivity index (χ1n) is 5.56. The number of hydrogen-bond donors (Lipinski definition) is 5. The normalized spacial score (nSPS) is 7.58. The summed E-state index contributed by atoms with van der Waals surface area (Å²) in [6.07, 6.45) is 2.62. The first kappa shape index (κ1) is 30.9. The van der Waals surface area contributed by atoms with Crippen molar-refractivity contribution in [3.8, 4) is 11.5 Å². The molecule has 0 radical (unpaired) electrons. The van der Waals surface area contributed by atoms with Crippen molar-refractivity contribution in [2.75, 3.05) is 0 Å². The molecule has 26 heavy (non-hydrogen) atoms. The van der Waals surface area contributed by atoms with Gasteiger partial charge in [0.15, 0.2) is 11.4 Å². The van der Waals surface area contributed by atoms with Crippen LogP contribution in [0.2, 0.25) is 0 Å². The van der Waals surface area contributed by atoms with Gasteiger partial charge in [-0.3, -0.25) is 0 Å². The number of nitrogens with zero attached hydrogens (tertiary/aromatic N) is 2. The van der Waals surface area contributed by atoms with Crippen molar-refractivity contribution < 1.29 is 72.2 Å². The Kier molecular flexibility index (Phi) is 20.1. The summed E-state index contributed by atoms with van der Waals surface area (Å²) in [6.45, 7) is 0. The zero-order chi connectivity index (χ0) is 17.8. The summed E-state index contributed by atoms with van der Waals surface area (Å²) in [7, 11) is 0. The first-order chi connectivity index (χ1) is 10.8. The van der Waals surface area contributed by atoms with E-state index in [1.165, 1.54) is 36.7 Å². The minimum atomic E-state index is -1.56. The maximum atomic E-state index is 10.2. The van der Waals surface area contributed by atoms with E-state index in [-0.39, 0.29) is 40.7 Å². The summed E-state index contributed by atoms with van der Waals surface area (Å²) in [5.41, 5.74) is -0.634. The predicted octanol–water partition coefficient (Wildman–Crippen LogP) is -2.07. The van der Waals surface area contributed by atoms with Crippen LogP contribution in [0.3, 0.4) is 0 Å². The zero-order valence-electron chi connectivity index (χ0n) is 13.8. The van der Waals surface area contributed by atoms with Gasteiger partial charge >= 0.3 is 36.2 Å². The second kappa shape index (κ2) is 16.9. The molecule has 0 aliphatic carbocycles. The van der Waals surface area contributed by atoms with Crippen LogP contribution in [0.5, 0.6) is 11.5 Å². The molecule has 0 unspecified atom stereocenters. The van der Waals surface area contributed by atoms with Crippen LogP contribution in [0.4, 0.5) is 0 Å². The monoisotopic (exact) mass is 417 g/mol. The molecule has 0 aliphatic rings. The maximum absolute atomic E-state index is 10.2. The number of carbonyl (C=O) groups is 2. The average molecular weight is 417 g/mol. The Morgan fingerprint density at radius 1 is 0.846 bits per heavy atom. The third-order valence-corrected chi connectivity index (χ3v) is 1.98. The predicted molar refractivity (Wildman–Crippen MR) is 80.6 cm³/mol. The number of pyridine rings is 2. The van der Waals surface area contributed by atoms with E-state index in [9.17, 15) is 9.59 Å². The van der Waals surface area contributed by atoms with Crippen LogP contribution in [-0.2, 0) is 20.3 Å². The van der Waals surface area contributed by atoms with E-state index in [1.54, 1.807) is 0 Å². The van der Waals surface area contributed by atoms with Gasteiger partial charge in [-0.1, -0.05) is 0 Å². The van der Waals surface area contributed by atoms with Crippen LogP contribution in [-0.4, -0.2) is 62.8 Å². The van der Waals surface area contributed by atoms with Crippen LogP contribution in [0.1, 0.15) is 22.4 Å². The summed E-state index contributed by atoms with van der Waals surface area (Å²) in [4.78, 5) is 27.3.